The molecule has 0 unspecified atom stereocenters. The van der Waals surface area contributed by atoms with Gasteiger partial charge in [0.25, 0.3) is 0 Å². The van der Waals surface area contributed by atoms with Gasteiger partial charge >= 0.3 is 18.3 Å². The van der Waals surface area contributed by atoms with Crippen molar-refractivity contribution in [3.63, 3.8) is 0 Å². The van der Waals surface area contributed by atoms with Gasteiger partial charge in [-0.1, -0.05) is 0 Å². The van der Waals surface area contributed by atoms with E-state index in [2.05, 4.69) is 30.4 Å². The lowest BCUT2D eigenvalue weighted by Crippen LogP contribution is -2.20. The van der Waals surface area contributed by atoms with Crippen LogP contribution >= 0.6 is 0 Å². The molecule has 0 spiro atoms. The molecular weight excluding hydrogens is 224 g/mol. The van der Waals surface area contributed by atoms with Crippen molar-refractivity contribution in [2.24, 2.45) is 11.5 Å². The van der Waals surface area contributed by atoms with Crippen molar-refractivity contribution in [1.29, 1.82) is 0 Å². The number of ether oxygens (including phenoxy) is 4. The molecule has 0 aliphatic rings. The number of carbonyl (C=O) groups is 3. The molecule has 92 valence electrons. The number of nitrogens with two attached hydrogens (primary N) is 2. The van der Waals surface area contributed by atoms with E-state index in [9.17, 15) is 14.4 Å². The molecule has 0 aliphatic heterocycles. The molecule has 9 heteroatoms. The molecule has 0 saturated carbocycles. The number of primary amides is 2. The third kappa shape index (κ3) is 9.89. The van der Waals surface area contributed by atoms with Gasteiger partial charge in [0.1, 0.15) is 26.4 Å². The van der Waals surface area contributed by atoms with E-state index in [-0.39, 0.29) is 26.4 Å². The quantitative estimate of drug-likeness (QED) is 0.354. The smallest absolute Gasteiger partial charge is 0.446 e. The summed E-state index contributed by atoms with van der Waals surface area (Å²) in [6.45, 7) is -0.693. The molecule has 0 fully saturated rings. The van der Waals surface area contributed by atoms with Gasteiger partial charge in [-0.2, -0.15) is 0 Å². The molecule has 0 rings (SSSR count). The highest BCUT2D eigenvalue weighted by Crippen LogP contribution is 1.87. The van der Waals surface area contributed by atoms with Crippen LogP contribution in [0.15, 0.2) is 0 Å². The van der Waals surface area contributed by atoms with Crippen molar-refractivity contribution < 1.29 is 33.3 Å². The predicted octanol–water partition coefficient (Wildman–Crippen LogP) is -0.670. The fourth-order valence-electron chi connectivity index (χ4n) is 0.576. The highest BCUT2D eigenvalue weighted by Gasteiger charge is 2.04. The number of amides is 2. The van der Waals surface area contributed by atoms with Crippen LogP contribution in [-0.4, -0.2) is 44.8 Å². The Bertz CT molecular complexity index is 231. The van der Waals surface area contributed by atoms with Gasteiger partial charge in [-0.25, -0.2) is 14.4 Å². The summed E-state index contributed by atoms with van der Waals surface area (Å²) in [5, 5.41) is 0. The van der Waals surface area contributed by atoms with Crippen LogP contribution in [0.4, 0.5) is 14.4 Å². The first-order valence-electron chi connectivity index (χ1n) is 4.16. The van der Waals surface area contributed by atoms with Crippen LogP contribution in [0, 0.1) is 0 Å². The van der Waals surface area contributed by atoms with Crippen molar-refractivity contribution in [1.82, 2.24) is 0 Å². The maximum absolute atomic E-state index is 10.7. The first-order valence-corrected chi connectivity index (χ1v) is 4.16. The number of rotatable bonds is 6. The molecular formula is C7H12N2O7. The minimum Gasteiger partial charge on any atom is -0.446 e. The van der Waals surface area contributed by atoms with Gasteiger partial charge in [-0.3, -0.25) is 0 Å². The second-order valence-electron chi connectivity index (χ2n) is 2.28. The lowest BCUT2D eigenvalue weighted by atomic mass is 10.7. The molecule has 4 N–H and O–H groups in total. The van der Waals surface area contributed by atoms with E-state index in [0.29, 0.717) is 0 Å². The van der Waals surface area contributed by atoms with Crippen LogP contribution in [0.2, 0.25) is 0 Å². The van der Waals surface area contributed by atoms with Crippen molar-refractivity contribution in [2.75, 3.05) is 26.4 Å². The van der Waals surface area contributed by atoms with Crippen molar-refractivity contribution >= 4 is 18.3 Å². The number of hydrogen-bond donors (Lipinski definition) is 2. The van der Waals surface area contributed by atoms with Gasteiger partial charge < -0.3 is 30.4 Å². The van der Waals surface area contributed by atoms with Gasteiger partial charge in [0, 0.05) is 0 Å². The Hall–Kier alpha value is -2.19. The predicted molar refractivity (Wildman–Crippen MR) is 48.4 cm³/mol. The van der Waals surface area contributed by atoms with Crippen LogP contribution < -0.4 is 11.5 Å². The van der Waals surface area contributed by atoms with E-state index in [1.807, 2.05) is 0 Å². The summed E-state index contributed by atoms with van der Waals surface area (Å²) >= 11 is 0. The number of carbonyl (C=O) groups excluding carboxylic acids is 3. The van der Waals surface area contributed by atoms with Crippen LogP contribution in [0.5, 0.6) is 0 Å². The third-order valence-corrected chi connectivity index (χ3v) is 1.10. The second-order valence-corrected chi connectivity index (χ2v) is 2.28. The average Bonchev–Trinajstić information content (AvgIpc) is 2.19. The minimum absolute atomic E-state index is 0.164. The van der Waals surface area contributed by atoms with Crippen LogP contribution in [0.25, 0.3) is 0 Å². The maximum Gasteiger partial charge on any atom is 0.508 e. The molecule has 0 aliphatic carbocycles. The van der Waals surface area contributed by atoms with E-state index >= 15 is 0 Å². The molecule has 0 bridgehead atoms. The molecule has 16 heavy (non-hydrogen) atoms. The van der Waals surface area contributed by atoms with Gasteiger partial charge in [0.05, 0.1) is 0 Å². The largest absolute Gasteiger partial charge is 0.508 e. The van der Waals surface area contributed by atoms with Crippen molar-refractivity contribution in [3.8, 4) is 0 Å². The monoisotopic (exact) mass is 236 g/mol. The molecule has 0 aromatic carbocycles. The standard InChI is InChI=1S/C7H12N2O7/c8-5(10)13-1-3-15-7(12)16-4-2-14-6(9)11/h1-4H2,(H2,8,10)(H2,9,11). The summed E-state index contributed by atoms with van der Waals surface area (Å²) in [5.41, 5.74) is 9.29. The van der Waals surface area contributed by atoms with Gasteiger partial charge in [0.15, 0.2) is 0 Å². The Morgan fingerprint density at radius 2 is 1.00 bits per heavy atom. The Labute approximate surface area is 90.5 Å². The van der Waals surface area contributed by atoms with Crippen LogP contribution in [0.1, 0.15) is 0 Å². The van der Waals surface area contributed by atoms with E-state index < -0.39 is 18.3 Å². The lowest BCUT2D eigenvalue weighted by Gasteiger charge is -2.05. The summed E-state index contributed by atoms with van der Waals surface area (Å²) in [4.78, 5) is 30.9. The zero-order valence-corrected chi connectivity index (χ0v) is 8.34. The van der Waals surface area contributed by atoms with Crippen molar-refractivity contribution in [2.45, 2.75) is 0 Å². The normalized spacial score (nSPS) is 9.00. The zero-order valence-electron chi connectivity index (χ0n) is 8.34. The highest BCUT2D eigenvalue weighted by atomic mass is 16.7. The third-order valence-electron chi connectivity index (χ3n) is 1.10. The first-order chi connectivity index (χ1) is 7.52. The van der Waals surface area contributed by atoms with Gasteiger partial charge in [0.2, 0.25) is 0 Å². The molecule has 0 atom stereocenters. The highest BCUT2D eigenvalue weighted by molar-refractivity contribution is 5.65. The summed E-state index contributed by atoms with van der Waals surface area (Å²) < 4.78 is 17.4. The fourth-order valence-corrected chi connectivity index (χ4v) is 0.576. The van der Waals surface area contributed by atoms with Gasteiger partial charge in [-0.15, -0.1) is 0 Å². The maximum atomic E-state index is 10.7. The molecule has 0 saturated heterocycles. The molecule has 2 amide bonds. The molecule has 0 aromatic heterocycles. The summed E-state index contributed by atoms with van der Waals surface area (Å²) in [6.07, 6.45) is -2.92. The summed E-state index contributed by atoms with van der Waals surface area (Å²) in [6, 6.07) is 0. The minimum atomic E-state index is -0.985. The van der Waals surface area contributed by atoms with Crippen LogP contribution in [0.3, 0.4) is 0 Å². The number of hydrogen-bond acceptors (Lipinski definition) is 7. The molecule has 9 nitrogen and oxygen atoms in total. The average molecular weight is 236 g/mol. The first kappa shape index (κ1) is 13.8. The Morgan fingerprint density at radius 1 is 0.688 bits per heavy atom. The Kier molecular flexibility index (Phi) is 7.03. The summed E-state index contributed by atoms with van der Waals surface area (Å²) in [7, 11) is 0. The second kappa shape index (κ2) is 8.15. The van der Waals surface area contributed by atoms with E-state index in [1.165, 1.54) is 0 Å². The SMILES string of the molecule is NC(=O)OCCOC(=O)OCCOC(N)=O. The zero-order chi connectivity index (χ0) is 12.4. The topological polar surface area (TPSA) is 140 Å². The van der Waals surface area contributed by atoms with Crippen molar-refractivity contribution in [3.05, 3.63) is 0 Å². The molecule has 0 aromatic rings. The molecule has 0 heterocycles. The van der Waals surface area contributed by atoms with Crippen LogP contribution in [-0.2, 0) is 18.9 Å². The Balaban J connectivity index is 3.31. The Morgan fingerprint density at radius 3 is 1.31 bits per heavy atom. The molecule has 0 radical (unpaired) electrons. The van der Waals surface area contributed by atoms with Gasteiger partial charge in [-0.05, 0) is 0 Å². The summed E-state index contributed by atoms with van der Waals surface area (Å²) in [5.74, 6) is 0. The van der Waals surface area contributed by atoms with E-state index in [4.69, 9.17) is 0 Å². The lowest BCUT2D eigenvalue weighted by molar-refractivity contribution is 0.0284. The van der Waals surface area contributed by atoms with E-state index in [0.717, 1.165) is 0 Å². The fraction of sp³-hybridized carbons (Fsp3) is 0.571. The van der Waals surface area contributed by atoms with E-state index in [1.54, 1.807) is 0 Å².